The van der Waals surface area contributed by atoms with Gasteiger partial charge in [-0.2, -0.15) is 0 Å². The Balaban J connectivity index is 2.19. The summed E-state index contributed by atoms with van der Waals surface area (Å²) < 4.78 is 28.1. The number of nitrogens with one attached hydrogen (secondary N) is 1. The highest BCUT2D eigenvalue weighted by molar-refractivity contribution is 9.10. The number of benzene rings is 2. The van der Waals surface area contributed by atoms with Crippen molar-refractivity contribution in [3.8, 4) is 0 Å². The predicted molar refractivity (Wildman–Crippen MR) is 84.1 cm³/mol. The first-order chi connectivity index (χ1) is 9.38. The fourth-order valence-electron chi connectivity index (χ4n) is 1.84. The van der Waals surface area contributed by atoms with Gasteiger partial charge in [0.1, 0.15) is 0 Å². The average Bonchev–Trinajstić information content (AvgIpc) is 2.39. The van der Waals surface area contributed by atoms with Crippen molar-refractivity contribution in [2.45, 2.75) is 24.8 Å². The molecule has 0 aliphatic heterocycles. The maximum absolute atomic E-state index is 12.3. The van der Waals surface area contributed by atoms with Crippen LogP contribution in [0.15, 0.2) is 57.9 Å². The molecule has 0 amide bonds. The summed E-state index contributed by atoms with van der Waals surface area (Å²) in [6.07, 6.45) is 0. The van der Waals surface area contributed by atoms with E-state index in [0.717, 1.165) is 15.6 Å². The number of hydrogen-bond acceptors (Lipinski definition) is 2. The smallest absolute Gasteiger partial charge is 0.207 e. The van der Waals surface area contributed by atoms with Crippen LogP contribution < -0.4 is 4.72 Å². The standard InChI is InChI=1S/C15H16BrNO2S/c1-11-3-5-13(6-4-11)12(2)17-20(18,19)15-9-7-14(16)8-10-15/h3-10,12,17H,1-2H3. The largest absolute Gasteiger partial charge is 0.241 e. The fourth-order valence-corrected chi connectivity index (χ4v) is 3.33. The first-order valence-electron chi connectivity index (χ1n) is 6.23. The van der Waals surface area contributed by atoms with E-state index in [0.29, 0.717) is 0 Å². The van der Waals surface area contributed by atoms with Gasteiger partial charge in [0.2, 0.25) is 10.0 Å². The molecule has 0 radical (unpaired) electrons. The number of hydrogen-bond donors (Lipinski definition) is 1. The minimum absolute atomic E-state index is 0.264. The molecule has 2 aromatic rings. The molecular weight excluding hydrogens is 338 g/mol. The summed E-state index contributed by atoms with van der Waals surface area (Å²) in [4.78, 5) is 0.264. The third-order valence-corrected chi connectivity index (χ3v) is 5.12. The molecule has 0 saturated heterocycles. The van der Waals surface area contributed by atoms with Gasteiger partial charge < -0.3 is 0 Å². The van der Waals surface area contributed by atoms with E-state index in [9.17, 15) is 8.42 Å². The average molecular weight is 354 g/mol. The van der Waals surface area contributed by atoms with Crippen LogP contribution in [0.3, 0.4) is 0 Å². The Hall–Kier alpha value is -1.17. The molecule has 0 aliphatic carbocycles. The highest BCUT2D eigenvalue weighted by Gasteiger charge is 2.18. The van der Waals surface area contributed by atoms with Gasteiger partial charge in [-0.25, -0.2) is 13.1 Å². The minimum Gasteiger partial charge on any atom is -0.207 e. The van der Waals surface area contributed by atoms with Crippen molar-refractivity contribution in [3.05, 3.63) is 64.1 Å². The molecular formula is C15H16BrNO2S. The van der Waals surface area contributed by atoms with E-state index >= 15 is 0 Å². The number of rotatable bonds is 4. The van der Waals surface area contributed by atoms with Gasteiger partial charge in [-0.15, -0.1) is 0 Å². The molecule has 0 bridgehead atoms. The van der Waals surface area contributed by atoms with Crippen LogP contribution in [0, 0.1) is 6.92 Å². The van der Waals surface area contributed by atoms with Crippen molar-refractivity contribution >= 4 is 26.0 Å². The van der Waals surface area contributed by atoms with Gasteiger partial charge >= 0.3 is 0 Å². The zero-order valence-corrected chi connectivity index (χ0v) is 13.7. The monoisotopic (exact) mass is 353 g/mol. The molecule has 2 rings (SSSR count). The molecule has 0 heterocycles. The summed E-state index contributed by atoms with van der Waals surface area (Å²) >= 11 is 3.29. The van der Waals surface area contributed by atoms with Crippen LogP contribution in [0.2, 0.25) is 0 Å². The molecule has 0 saturated carbocycles. The Morgan fingerprint density at radius 3 is 2.10 bits per heavy atom. The van der Waals surface area contributed by atoms with Gasteiger partial charge in [0.05, 0.1) is 4.90 Å². The topological polar surface area (TPSA) is 46.2 Å². The van der Waals surface area contributed by atoms with Gasteiger partial charge in [-0.1, -0.05) is 45.8 Å². The van der Waals surface area contributed by atoms with Crippen molar-refractivity contribution in [1.29, 1.82) is 0 Å². The fraction of sp³-hybridized carbons (Fsp3) is 0.200. The van der Waals surface area contributed by atoms with Crippen LogP contribution in [-0.2, 0) is 10.0 Å². The summed E-state index contributed by atoms with van der Waals surface area (Å²) in [6.45, 7) is 3.83. The minimum atomic E-state index is -3.51. The number of sulfonamides is 1. The SMILES string of the molecule is Cc1ccc(C(C)NS(=O)(=O)c2ccc(Br)cc2)cc1. The maximum Gasteiger partial charge on any atom is 0.241 e. The first kappa shape index (κ1) is 15.2. The number of aryl methyl sites for hydroxylation is 1. The lowest BCUT2D eigenvalue weighted by Gasteiger charge is -2.15. The van der Waals surface area contributed by atoms with Crippen molar-refractivity contribution < 1.29 is 8.42 Å². The van der Waals surface area contributed by atoms with E-state index in [1.165, 1.54) is 0 Å². The lowest BCUT2D eigenvalue weighted by molar-refractivity contribution is 0.567. The van der Waals surface area contributed by atoms with E-state index in [4.69, 9.17) is 0 Å². The summed E-state index contributed by atoms with van der Waals surface area (Å²) in [7, 11) is -3.51. The molecule has 1 N–H and O–H groups in total. The van der Waals surface area contributed by atoms with Gasteiger partial charge in [0.15, 0.2) is 0 Å². The molecule has 1 unspecified atom stereocenters. The third kappa shape index (κ3) is 3.69. The Morgan fingerprint density at radius 1 is 1.00 bits per heavy atom. The van der Waals surface area contributed by atoms with Gasteiger partial charge in [-0.3, -0.25) is 0 Å². The summed E-state index contributed by atoms with van der Waals surface area (Å²) in [5.74, 6) is 0. The van der Waals surface area contributed by atoms with Crippen molar-refractivity contribution in [2.24, 2.45) is 0 Å². The van der Waals surface area contributed by atoms with E-state index in [1.807, 2.05) is 38.1 Å². The Morgan fingerprint density at radius 2 is 1.55 bits per heavy atom. The van der Waals surface area contributed by atoms with E-state index in [2.05, 4.69) is 20.7 Å². The molecule has 106 valence electrons. The predicted octanol–water partition coefficient (Wildman–Crippen LogP) is 3.80. The molecule has 2 aromatic carbocycles. The van der Waals surface area contributed by atoms with E-state index < -0.39 is 10.0 Å². The van der Waals surface area contributed by atoms with Crippen LogP contribution in [0.1, 0.15) is 24.1 Å². The second-order valence-corrected chi connectivity index (χ2v) is 7.34. The third-order valence-electron chi connectivity index (χ3n) is 3.03. The Labute approximate surface area is 128 Å². The van der Waals surface area contributed by atoms with Crippen molar-refractivity contribution in [2.75, 3.05) is 0 Å². The summed E-state index contributed by atoms with van der Waals surface area (Å²) in [5, 5.41) is 0. The van der Waals surface area contributed by atoms with Gasteiger partial charge in [-0.05, 0) is 43.7 Å². The molecule has 1 atom stereocenters. The molecule has 5 heteroatoms. The molecule has 20 heavy (non-hydrogen) atoms. The van der Waals surface area contributed by atoms with Crippen LogP contribution in [0.4, 0.5) is 0 Å². The second-order valence-electron chi connectivity index (χ2n) is 4.71. The summed E-state index contributed by atoms with van der Waals surface area (Å²) in [6, 6.07) is 14.1. The zero-order valence-electron chi connectivity index (χ0n) is 11.3. The number of halogens is 1. The highest BCUT2D eigenvalue weighted by atomic mass is 79.9. The van der Waals surface area contributed by atoms with Crippen LogP contribution in [0.25, 0.3) is 0 Å². The Bertz CT molecular complexity index is 679. The second kappa shape index (κ2) is 6.08. The van der Waals surface area contributed by atoms with Crippen LogP contribution >= 0.6 is 15.9 Å². The molecule has 0 fully saturated rings. The summed E-state index contributed by atoms with van der Waals surface area (Å²) in [5.41, 5.74) is 2.09. The van der Waals surface area contributed by atoms with Crippen molar-refractivity contribution in [3.63, 3.8) is 0 Å². The van der Waals surface area contributed by atoms with E-state index in [1.54, 1.807) is 24.3 Å². The van der Waals surface area contributed by atoms with Crippen LogP contribution in [-0.4, -0.2) is 8.42 Å². The maximum atomic E-state index is 12.3. The Kier molecular flexibility index (Phi) is 4.62. The van der Waals surface area contributed by atoms with Gasteiger partial charge in [0, 0.05) is 10.5 Å². The van der Waals surface area contributed by atoms with Gasteiger partial charge in [0.25, 0.3) is 0 Å². The van der Waals surface area contributed by atoms with Crippen molar-refractivity contribution in [1.82, 2.24) is 4.72 Å². The first-order valence-corrected chi connectivity index (χ1v) is 8.50. The zero-order chi connectivity index (χ0) is 14.8. The highest BCUT2D eigenvalue weighted by Crippen LogP contribution is 2.19. The lowest BCUT2D eigenvalue weighted by Crippen LogP contribution is -2.26. The molecule has 3 nitrogen and oxygen atoms in total. The quantitative estimate of drug-likeness (QED) is 0.908. The molecule has 0 aromatic heterocycles. The van der Waals surface area contributed by atoms with Crippen LogP contribution in [0.5, 0.6) is 0 Å². The lowest BCUT2D eigenvalue weighted by atomic mass is 10.1. The molecule has 0 aliphatic rings. The normalized spacial score (nSPS) is 13.2. The molecule has 0 spiro atoms. The van der Waals surface area contributed by atoms with E-state index in [-0.39, 0.29) is 10.9 Å².